The predicted octanol–water partition coefficient (Wildman–Crippen LogP) is 4.97. The highest BCUT2D eigenvalue weighted by Gasteiger charge is 2.37. The first kappa shape index (κ1) is 22.2. The number of amides is 2. The zero-order chi connectivity index (χ0) is 24.7. The van der Waals surface area contributed by atoms with Crippen molar-refractivity contribution in [3.05, 3.63) is 101 Å². The topological polar surface area (TPSA) is 93.2 Å². The van der Waals surface area contributed by atoms with Gasteiger partial charge in [0.15, 0.2) is 0 Å². The molecule has 8 heteroatoms. The maximum absolute atomic E-state index is 13.2. The minimum atomic E-state index is -0.829. The molecule has 2 aliphatic rings. The number of thiazole rings is 1. The second-order valence-corrected chi connectivity index (χ2v) is 10.2. The lowest BCUT2D eigenvalue weighted by molar-refractivity contribution is -0.128. The number of pyridine rings is 1. The van der Waals surface area contributed by atoms with E-state index in [0.717, 1.165) is 26.4 Å². The summed E-state index contributed by atoms with van der Waals surface area (Å²) in [5, 5.41) is 7.91. The number of ether oxygens (including phenoxy) is 1. The number of hydrogen-bond acceptors (Lipinski definition) is 6. The third kappa shape index (κ3) is 4.05. The number of benzene rings is 2. The van der Waals surface area contributed by atoms with E-state index in [0.29, 0.717) is 35.7 Å². The van der Waals surface area contributed by atoms with Gasteiger partial charge in [0.1, 0.15) is 16.5 Å². The third-order valence-corrected chi connectivity index (χ3v) is 7.45. The Bertz CT molecular complexity index is 1590. The minimum absolute atomic E-state index is 0.131. The van der Waals surface area contributed by atoms with Crippen LogP contribution in [-0.4, -0.2) is 21.8 Å². The van der Waals surface area contributed by atoms with Crippen molar-refractivity contribution in [2.45, 2.75) is 19.9 Å². The number of aromatic nitrogens is 2. The van der Waals surface area contributed by atoms with Gasteiger partial charge in [0.05, 0.1) is 28.7 Å². The highest BCUT2D eigenvalue weighted by atomic mass is 32.1. The molecule has 2 aromatic heterocycles. The molecule has 2 aromatic carbocycles. The molecule has 0 bridgehead atoms. The molecule has 0 radical (unpaired) electrons. The van der Waals surface area contributed by atoms with Crippen LogP contribution >= 0.6 is 11.3 Å². The van der Waals surface area contributed by atoms with Crippen LogP contribution in [-0.2, 0) is 11.3 Å². The standard InChI is InChI=1S/C28H22N4O3S/c1-28(11-10-24-22(14-28)32-25(33)20-6-2-3-7-23(20)35-24)27(34)31-16-19-15-30-26(36-19)18-8-9-21-17(13-18)5-4-12-29-21/h2-13,15H,14,16H2,1H3,(H,31,34)(H,32,33). The average molecular weight is 495 g/mol. The molecule has 0 saturated carbocycles. The van der Waals surface area contributed by atoms with Gasteiger partial charge >= 0.3 is 0 Å². The van der Waals surface area contributed by atoms with E-state index in [4.69, 9.17) is 4.74 Å². The minimum Gasteiger partial charge on any atom is -0.455 e. The third-order valence-electron chi connectivity index (χ3n) is 6.41. The Labute approximate surface area is 211 Å². The summed E-state index contributed by atoms with van der Waals surface area (Å²) in [4.78, 5) is 35.8. The quantitative estimate of drug-likeness (QED) is 0.418. The highest BCUT2D eigenvalue weighted by molar-refractivity contribution is 7.15. The van der Waals surface area contributed by atoms with E-state index < -0.39 is 5.41 Å². The summed E-state index contributed by atoms with van der Waals surface area (Å²) in [6, 6.07) is 17.1. The fraction of sp³-hybridized carbons (Fsp3) is 0.143. The summed E-state index contributed by atoms with van der Waals surface area (Å²) in [6.45, 7) is 2.23. The van der Waals surface area contributed by atoms with Crippen molar-refractivity contribution in [1.82, 2.24) is 20.6 Å². The number of para-hydroxylation sites is 1. The van der Waals surface area contributed by atoms with Crippen molar-refractivity contribution in [2.24, 2.45) is 5.41 Å². The Morgan fingerprint density at radius 1 is 1.17 bits per heavy atom. The van der Waals surface area contributed by atoms with Gasteiger partial charge in [-0.3, -0.25) is 14.6 Å². The number of fused-ring (bicyclic) bond motifs is 2. The van der Waals surface area contributed by atoms with E-state index in [1.807, 2.05) is 43.3 Å². The van der Waals surface area contributed by atoms with Gasteiger partial charge in [0, 0.05) is 34.6 Å². The van der Waals surface area contributed by atoms with Gasteiger partial charge in [-0.2, -0.15) is 0 Å². The zero-order valence-electron chi connectivity index (χ0n) is 19.4. The van der Waals surface area contributed by atoms with Crippen LogP contribution in [0.4, 0.5) is 0 Å². The normalized spacial score (nSPS) is 18.6. The fourth-order valence-corrected chi connectivity index (χ4v) is 5.25. The second-order valence-electron chi connectivity index (χ2n) is 9.05. The van der Waals surface area contributed by atoms with Gasteiger partial charge in [-0.05, 0) is 49.4 Å². The number of carbonyl (C=O) groups is 2. The monoisotopic (exact) mass is 494 g/mol. The molecule has 2 N–H and O–H groups in total. The molecule has 4 aromatic rings. The number of nitrogens with zero attached hydrogens (tertiary/aromatic N) is 2. The first-order valence-corrected chi connectivity index (χ1v) is 12.4. The lowest BCUT2D eigenvalue weighted by atomic mass is 9.80. The van der Waals surface area contributed by atoms with Gasteiger partial charge < -0.3 is 15.4 Å². The number of allylic oxidation sites excluding steroid dienone is 2. The molecular weight excluding hydrogens is 472 g/mol. The first-order chi connectivity index (χ1) is 17.5. The van der Waals surface area contributed by atoms with Crippen molar-refractivity contribution in [3.63, 3.8) is 0 Å². The molecule has 36 heavy (non-hydrogen) atoms. The Hall–Kier alpha value is -4.30. The largest absolute Gasteiger partial charge is 0.455 e. The fourth-order valence-electron chi connectivity index (χ4n) is 4.40. The van der Waals surface area contributed by atoms with Crippen molar-refractivity contribution in [2.75, 3.05) is 0 Å². The van der Waals surface area contributed by atoms with Crippen LogP contribution in [0.25, 0.3) is 21.5 Å². The summed E-state index contributed by atoms with van der Waals surface area (Å²) in [7, 11) is 0. The molecule has 0 spiro atoms. The Kier molecular flexibility index (Phi) is 5.38. The Morgan fingerprint density at radius 3 is 2.97 bits per heavy atom. The van der Waals surface area contributed by atoms with Gasteiger partial charge in [-0.25, -0.2) is 4.98 Å². The van der Waals surface area contributed by atoms with Gasteiger partial charge in [0.25, 0.3) is 5.91 Å². The molecule has 0 fully saturated rings. The van der Waals surface area contributed by atoms with Crippen LogP contribution < -0.4 is 15.4 Å². The smallest absolute Gasteiger partial charge is 0.259 e. The van der Waals surface area contributed by atoms with E-state index in [2.05, 4.69) is 26.7 Å². The summed E-state index contributed by atoms with van der Waals surface area (Å²) >= 11 is 1.55. The van der Waals surface area contributed by atoms with Crippen molar-refractivity contribution < 1.29 is 14.3 Å². The molecule has 1 atom stereocenters. The molecule has 6 rings (SSSR count). The lowest BCUT2D eigenvalue weighted by Gasteiger charge is -2.29. The van der Waals surface area contributed by atoms with Crippen molar-refractivity contribution in [1.29, 1.82) is 0 Å². The van der Waals surface area contributed by atoms with Crippen LogP contribution in [0, 0.1) is 5.41 Å². The molecular formula is C28H22N4O3S. The average Bonchev–Trinajstić information content (AvgIpc) is 3.32. The predicted molar refractivity (Wildman–Crippen MR) is 138 cm³/mol. The number of nitrogens with one attached hydrogen (secondary N) is 2. The summed E-state index contributed by atoms with van der Waals surface area (Å²) < 4.78 is 5.97. The Morgan fingerprint density at radius 2 is 2.06 bits per heavy atom. The van der Waals surface area contributed by atoms with Gasteiger partial charge in [-0.1, -0.05) is 24.3 Å². The van der Waals surface area contributed by atoms with E-state index in [-0.39, 0.29) is 11.8 Å². The van der Waals surface area contributed by atoms with E-state index >= 15 is 0 Å². The maximum atomic E-state index is 13.2. The van der Waals surface area contributed by atoms with E-state index in [9.17, 15) is 9.59 Å². The SMILES string of the molecule is CC1(C(=O)NCc2cnc(-c3ccc4ncccc4c3)s2)C=CC2=C(C1)NC(=O)c1ccccc1O2. The summed E-state index contributed by atoms with van der Waals surface area (Å²) in [5.41, 5.74) is 2.20. The lowest BCUT2D eigenvalue weighted by Crippen LogP contribution is -2.40. The van der Waals surface area contributed by atoms with Crippen molar-refractivity contribution >= 4 is 34.1 Å². The number of rotatable bonds is 4. The van der Waals surface area contributed by atoms with Gasteiger partial charge in [0.2, 0.25) is 5.91 Å². The van der Waals surface area contributed by atoms with Crippen LogP contribution in [0.15, 0.2) is 90.6 Å². The summed E-state index contributed by atoms with van der Waals surface area (Å²) in [6.07, 6.45) is 7.50. The Balaban J connectivity index is 1.14. The highest BCUT2D eigenvalue weighted by Crippen LogP contribution is 2.37. The van der Waals surface area contributed by atoms with Crippen LogP contribution in [0.2, 0.25) is 0 Å². The summed E-state index contributed by atoms with van der Waals surface area (Å²) in [5.74, 6) is 0.681. The molecule has 1 unspecified atom stereocenters. The van der Waals surface area contributed by atoms with Crippen LogP contribution in [0.5, 0.6) is 5.75 Å². The molecule has 0 saturated heterocycles. The first-order valence-electron chi connectivity index (χ1n) is 11.6. The zero-order valence-corrected chi connectivity index (χ0v) is 20.3. The van der Waals surface area contributed by atoms with E-state index in [1.54, 1.807) is 48.0 Å². The second kappa shape index (κ2) is 8.73. The van der Waals surface area contributed by atoms with Crippen molar-refractivity contribution in [3.8, 4) is 16.3 Å². The van der Waals surface area contributed by atoms with Crippen LogP contribution in [0.1, 0.15) is 28.6 Å². The molecule has 3 heterocycles. The maximum Gasteiger partial charge on any atom is 0.259 e. The van der Waals surface area contributed by atoms with Gasteiger partial charge in [-0.15, -0.1) is 11.3 Å². The molecule has 2 amide bonds. The molecule has 178 valence electrons. The van der Waals surface area contributed by atoms with Crippen LogP contribution in [0.3, 0.4) is 0 Å². The van der Waals surface area contributed by atoms with E-state index in [1.165, 1.54) is 0 Å². The number of hydrogen-bond donors (Lipinski definition) is 2. The number of carbonyl (C=O) groups excluding carboxylic acids is 2. The molecule has 7 nitrogen and oxygen atoms in total. The molecule has 1 aliphatic heterocycles. The molecule has 1 aliphatic carbocycles.